The van der Waals surface area contributed by atoms with Gasteiger partial charge in [0.25, 0.3) is 5.91 Å². The summed E-state index contributed by atoms with van der Waals surface area (Å²) in [4.78, 5) is 24.0. The highest BCUT2D eigenvalue weighted by molar-refractivity contribution is 5.90. The number of nitrogens with two attached hydrogens (primary N) is 1. The zero-order chi connectivity index (χ0) is 16.9. The molecule has 1 aliphatic heterocycles. The fourth-order valence-corrected chi connectivity index (χ4v) is 2.61. The third-order valence-electron chi connectivity index (χ3n) is 4.04. The molecule has 2 heterocycles. The second kappa shape index (κ2) is 7.37. The SMILES string of the molecule is CN1CCN(Cc2ccccc2Oc2cncc(C(N)=O)n2)CC1. The molecule has 0 bridgehead atoms. The van der Waals surface area contributed by atoms with E-state index in [1.165, 1.54) is 12.4 Å². The molecule has 0 aliphatic carbocycles. The van der Waals surface area contributed by atoms with Gasteiger partial charge in [0.1, 0.15) is 11.4 Å². The first-order valence-electron chi connectivity index (χ1n) is 7.90. The van der Waals surface area contributed by atoms with Crippen LogP contribution in [0.25, 0.3) is 0 Å². The number of carbonyl (C=O) groups is 1. The summed E-state index contributed by atoms with van der Waals surface area (Å²) in [5, 5.41) is 0. The van der Waals surface area contributed by atoms with E-state index in [-0.39, 0.29) is 11.6 Å². The van der Waals surface area contributed by atoms with E-state index in [0.29, 0.717) is 5.75 Å². The minimum Gasteiger partial charge on any atom is -0.437 e. The molecule has 126 valence electrons. The smallest absolute Gasteiger partial charge is 0.269 e. The average molecular weight is 327 g/mol. The largest absolute Gasteiger partial charge is 0.437 e. The van der Waals surface area contributed by atoms with E-state index < -0.39 is 5.91 Å². The number of para-hydroxylation sites is 1. The number of piperazine rings is 1. The molecule has 1 aromatic heterocycles. The summed E-state index contributed by atoms with van der Waals surface area (Å²) in [7, 11) is 2.14. The lowest BCUT2D eigenvalue weighted by Gasteiger charge is -2.32. The highest BCUT2D eigenvalue weighted by Gasteiger charge is 2.16. The maximum atomic E-state index is 11.2. The summed E-state index contributed by atoms with van der Waals surface area (Å²) in [6.07, 6.45) is 2.80. The van der Waals surface area contributed by atoms with E-state index in [4.69, 9.17) is 10.5 Å². The number of aromatic nitrogens is 2. The molecule has 0 spiro atoms. The number of carbonyl (C=O) groups excluding carboxylic acids is 1. The fourth-order valence-electron chi connectivity index (χ4n) is 2.61. The predicted molar refractivity (Wildman–Crippen MR) is 89.8 cm³/mol. The van der Waals surface area contributed by atoms with Crippen molar-refractivity contribution in [3.63, 3.8) is 0 Å². The lowest BCUT2D eigenvalue weighted by Crippen LogP contribution is -2.43. The van der Waals surface area contributed by atoms with Gasteiger partial charge in [0.15, 0.2) is 0 Å². The number of rotatable bonds is 5. The molecule has 24 heavy (non-hydrogen) atoms. The number of nitrogens with zero attached hydrogens (tertiary/aromatic N) is 4. The lowest BCUT2D eigenvalue weighted by molar-refractivity contribution is 0.0994. The minimum atomic E-state index is -0.626. The quantitative estimate of drug-likeness (QED) is 0.886. The zero-order valence-corrected chi connectivity index (χ0v) is 13.7. The number of benzene rings is 1. The van der Waals surface area contributed by atoms with Gasteiger partial charge in [-0.3, -0.25) is 14.7 Å². The van der Waals surface area contributed by atoms with E-state index in [2.05, 4.69) is 26.8 Å². The van der Waals surface area contributed by atoms with Crippen molar-refractivity contribution < 1.29 is 9.53 Å². The third kappa shape index (κ3) is 4.06. The van der Waals surface area contributed by atoms with Crippen molar-refractivity contribution in [1.29, 1.82) is 0 Å². The summed E-state index contributed by atoms with van der Waals surface area (Å²) < 4.78 is 5.84. The topological polar surface area (TPSA) is 84.6 Å². The van der Waals surface area contributed by atoms with E-state index in [1.54, 1.807) is 0 Å². The molecule has 0 radical (unpaired) electrons. The van der Waals surface area contributed by atoms with Crippen LogP contribution in [0.1, 0.15) is 16.1 Å². The molecular weight excluding hydrogens is 306 g/mol. The molecule has 1 saturated heterocycles. The summed E-state index contributed by atoms with van der Waals surface area (Å²) >= 11 is 0. The highest BCUT2D eigenvalue weighted by Crippen LogP contribution is 2.25. The average Bonchev–Trinajstić information content (AvgIpc) is 2.59. The predicted octanol–water partition coefficient (Wildman–Crippen LogP) is 1.12. The van der Waals surface area contributed by atoms with Crippen molar-refractivity contribution in [2.24, 2.45) is 5.73 Å². The van der Waals surface area contributed by atoms with E-state index in [9.17, 15) is 4.79 Å². The molecule has 1 aliphatic rings. The number of ether oxygens (including phenoxy) is 1. The molecule has 0 saturated carbocycles. The molecule has 3 rings (SSSR count). The van der Waals surface area contributed by atoms with Gasteiger partial charge in [-0.2, -0.15) is 0 Å². The van der Waals surface area contributed by atoms with Gasteiger partial charge >= 0.3 is 0 Å². The monoisotopic (exact) mass is 327 g/mol. The van der Waals surface area contributed by atoms with Crippen molar-refractivity contribution >= 4 is 5.91 Å². The zero-order valence-electron chi connectivity index (χ0n) is 13.7. The molecule has 2 N–H and O–H groups in total. The molecule has 1 aromatic carbocycles. The summed E-state index contributed by atoms with van der Waals surface area (Å²) in [5.74, 6) is 0.350. The van der Waals surface area contributed by atoms with Gasteiger partial charge < -0.3 is 15.4 Å². The molecule has 1 amide bonds. The Morgan fingerprint density at radius 1 is 1.21 bits per heavy atom. The Bertz CT molecular complexity index is 714. The van der Waals surface area contributed by atoms with Gasteiger partial charge in [0.05, 0.1) is 12.4 Å². The Balaban J connectivity index is 1.74. The molecule has 7 heteroatoms. The van der Waals surface area contributed by atoms with Gasteiger partial charge in [-0.05, 0) is 13.1 Å². The van der Waals surface area contributed by atoms with Gasteiger partial charge in [-0.1, -0.05) is 18.2 Å². The number of primary amides is 1. The molecule has 0 atom stereocenters. The maximum absolute atomic E-state index is 11.2. The fraction of sp³-hybridized carbons (Fsp3) is 0.353. The normalized spacial score (nSPS) is 16.0. The molecule has 1 fully saturated rings. The second-order valence-electron chi connectivity index (χ2n) is 5.90. The summed E-state index contributed by atoms with van der Waals surface area (Å²) in [6, 6.07) is 7.83. The Labute approximate surface area is 141 Å². The Kier molecular flexibility index (Phi) is 5.02. The van der Waals surface area contributed by atoms with E-state index >= 15 is 0 Å². The summed E-state index contributed by atoms with van der Waals surface area (Å²) in [5.41, 5.74) is 6.40. The first-order valence-corrected chi connectivity index (χ1v) is 7.90. The summed E-state index contributed by atoms with van der Waals surface area (Å²) in [6.45, 7) is 5.00. The van der Waals surface area contributed by atoms with E-state index in [0.717, 1.165) is 38.3 Å². The number of hydrogen-bond acceptors (Lipinski definition) is 6. The van der Waals surface area contributed by atoms with Crippen LogP contribution in [0.2, 0.25) is 0 Å². The van der Waals surface area contributed by atoms with E-state index in [1.807, 2.05) is 24.3 Å². The van der Waals surface area contributed by atoms with Crippen molar-refractivity contribution in [2.75, 3.05) is 33.2 Å². The number of hydrogen-bond donors (Lipinski definition) is 1. The van der Waals surface area contributed by atoms with Crippen LogP contribution in [-0.4, -0.2) is 58.9 Å². The van der Waals surface area contributed by atoms with Crippen LogP contribution in [0, 0.1) is 0 Å². The highest BCUT2D eigenvalue weighted by atomic mass is 16.5. The van der Waals surface area contributed by atoms with Crippen molar-refractivity contribution in [3.05, 3.63) is 47.9 Å². The third-order valence-corrected chi connectivity index (χ3v) is 4.04. The van der Waals surface area contributed by atoms with Crippen LogP contribution < -0.4 is 10.5 Å². The van der Waals surface area contributed by atoms with Crippen molar-refractivity contribution in [1.82, 2.24) is 19.8 Å². The molecule has 2 aromatic rings. The van der Waals surface area contributed by atoms with Crippen LogP contribution in [-0.2, 0) is 6.54 Å². The van der Waals surface area contributed by atoms with Crippen LogP contribution in [0.15, 0.2) is 36.7 Å². The molecular formula is C17H21N5O2. The van der Waals surface area contributed by atoms with Crippen LogP contribution >= 0.6 is 0 Å². The van der Waals surface area contributed by atoms with Gasteiger partial charge in [0, 0.05) is 38.3 Å². The van der Waals surface area contributed by atoms with Gasteiger partial charge in [-0.15, -0.1) is 0 Å². The minimum absolute atomic E-state index is 0.0871. The Morgan fingerprint density at radius 3 is 2.71 bits per heavy atom. The van der Waals surface area contributed by atoms with Crippen LogP contribution in [0.4, 0.5) is 0 Å². The lowest BCUT2D eigenvalue weighted by atomic mass is 10.1. The molecule has 7 nitrogen and oxygen atoms in total. The second-order valence-corrected chi connectivity index (χ2v) is 5.90. The number of likely N-dealkylation sites (N-methyl/N-ethyl adjacent to an activating group) is 1. The molecule has 0 unspecified atom stereocenters. The first kappa shape index (κ1) is 16.4. The van der Waals surface area contributed by atoms with Crippen molar-refractivity contribution in [3.8, 4) is 11.6 Å². The number of amides is 1. The van der Waals surface area contributed by atoms with Crippen molar-refractivity contribution in [2.45, 2.75) is 6.54 Å². The van der Waals surface area contributed by atoms with Gasteiger partial charge in [-0.25, -0.2) is 4.98 Å². The maximum Gasteiger partial charge on any atom is 0.269 e. The standard InChI is InChI=1S/C17H21N5O2/c1-21-6-8-22(9-7-21)12-13-4-2-3-5-15(13)24-16-11-19-10-14(20-16)17(18)23/h2-5,10-11H,6-9,12H2,1H3,(H2,18,23). The Hall–Kier alpha value is -2.51. The van der Waals surface area contributed by atoms with Crippen LogP contribution in [0.5, 0.6) is 11.6 Å². The first-order chi connectivity index (χ1) is 11.6. The Morgan fingerprint density at radius 2 is 1.96 bits per heavy atom. The van der Waals surface area contributed by atoms with Gasteiger partial charge in [0.2, 0.25) is 5.88 Å². The van der Waals surface area contributed by atoms with Crippen LogP contribution in [0.3, 0.4) is 0 Å².